The highest BCUT2D eigenvalue weighted by atomic mass is 127. The molecule has 3 N–H and O–H groups in total. The molecule has 4 heteroatoms. The van der Waals surface area contributed by atoms with Crippen LogP contribution < -0.4 is 11.1 Å². The first-order chi connectivity index (χ1) is 12.3. The van der Waals surface area contributed by atoms with Crippen LogP contribution in [-0.2, 0) is 19.3 Å². The average Bonchev–Trinajstić information content (AvgIpc) is 3.18. The first-order valence-electron chi connectivity index (χ1n) is 9.57. The van der Waals surface area contributed by atoms with E-state index in [4.69, 9.17) is 5.73 Å². The third-order valence-electron chi connectivity index (χ3n) is 6.33. The number of guanidine groups is 1. The Bertz CT molecular complexity index is 845. The smallest absolute Gasteiger partial charge is 0.193 e. The van der Waals surface area contributed by atoms with Crippen LogP contribution in [0.1, 0.15) is 41.0 Å². The summed E-state index contributed by atoms with van der Waals surface area (Å²) < 4.78 is 0. The van der Waals surface area contributed by atoms with Gasteiger partial charge in [-0.05, 0) is 78.2 Å². The van der Waals surface area contributed by atoms with E-state index in [0.29, 0.717) is 11.9 Å². The van der Waals surface area contributed by atoms with Gasteiger partial charge in [0.2, 0.25) is 0 Å². The van der Waals surface area contributed by atoms with Crippen LogP contribution in [0.4, 0.5) is 5.69 Å². The minimum atomic E-state index is 0. The number of rotatable bonds is 3. The fraction of sp³-hybridized carbons (Fsp3) is 0.409. The Morgan fingerprint density at radius 1 is 1.04 bits per heavy atom. The van der Waals surface area contributed by atoms with Crippen LogP contribution in [0.25, 0.3) is 0 Å². The summed E-state index contributed by atoms with van der Waals surface area (Å²) in [7, 11) is 0. The molecule has 136 valence electrons. The van der Waals surface area contributed by atoms with Gasteiger partial charge in [0.1, 0.15) is 0 Å². The third kappa shape index (κ3) is 3.13. The lowest BCUT2D eigenvalue weighted by atomic mass is 9.90. The average molecular weight is 459 g/mol. The van der Waals surface area contributed by atoms with E-state index in [1.807, 2.05) is 0 Å². The molecule has 0 heterocycles. The predicted molar refractivity (Wildman–Crippen MR) is 118 cm³/mol. The van der Waals surface area contributed by atoms with Gasteiger partial charge in [-0.3, -0.25) is 4.99 Å². The fourth-order valence-corrected chi connectivity index (χ4v) is 5.01. The number of nitrogens with two attached hydrogens (primary N) is 1. The maximum Gasteiger partial charge on any atom is 0.193 e. The summed E-state index contributed by atoms with van der Waals surface area (Å²) in [5.41, 5.74) is 13.3. The van der Waals surface area contributed by atoms with Crippen molar-refractivity contribution in [3.8, 4) is 0 Å². The predicted octanol–water partition coefficient (Wildman–Crippen LogP) is 4.50. The molecule has 1 fully saturated rings. The molecule has 3 nitrogen and oxygen atoms in total. The molecule has 26 heavy (non-hydrogen) atoms. The highest BCUT2D eigenvalue weighted by Gasteiger charge is 2.54. The number of anilines is 1. The molecule has 3 aliphatic carbocycles. The summed E-state index contributed by atoms with van der Waals surface area (Å²) in [6, 6.07) is 15.4. The van der Waals surface area contributed by atoms with Crippen LogP contribution in [0, 0.1) is 11.8 Å². The van der Waals surface area contributed by atoms with E-state index in [1.165, 1.54) is 36.8 Å². The highest BCUT2D eigenvalue weighted by Crippen LogP contribution is 2.61. The van der Waals surface area contributed by atoms with Crippen molar-refractivity contribution in [1.82, 2.24) is 0 Å². The SMILES string of the molecule is I.NC(=NCC1C2Cc3ccccc3C12)Nc1cccc2c1CCCC2. The number of hydrogen-bond donors (Lipinski definition) is 2. The van der Waals surface area contributed by atoms with E-state index in [1.54, 1.807) is 11.1 Å². The molecule has 0 saturated heterocycles. The number of aliphatic imine (C=N–C) groups is 1. The number of hydrogen-bond acceptors (Lipinski definition) is 1. The molecule has 0 amide bonds. The molecular weight excluding hydrogens is 433 g/mol. The van der Waals surface area contributed by atoms with Crippen molar-refractivity contribution in [3.63, 3.8) is 0 Å². The number of nitrogens with zero attached hydrogens (tertiary/aromatic N) is 1. The summed E-state index contributed by atoms with van der Waals surface area (Å²) >= 11 is 0. The topological polar surface area (TPSA) is 50.4 Å². The molecule has 3 atom stereocenters. The molecule has 0 aromatic heterocycles. The van der Waals surface area contributed by atoms with Gasteiger partial charge >= 0.3 is 0 Å². The summed E-state index contributed by atoms with van der Waals surface area (Å²) in [6.07, 6.45) is 6.13. The molecule has 0 spiro atoms. The summed E-state index contributed by atoms with van der Waals surface area (Å²) in [6.45, 7) is 0.845. The molecular formula is C22H26IN3. The van der Waals surface area contributed by atoms with Crippen molar-refractivity contribution >= 4 is 35.6 Å². The van der Waals surface area contributed by atoms with Crippen LogP contribution in [0.15, 0.2) is 47.5 Å². The van der Waals surface area contributed by atoms with Crippen molar-refractivity contribution in [2.45, 2.75) is 38.0 Å². The first-order valence-corrected chi connectivity index (χ1v) is 9.57. The Morgan fingerprint density at radius 2 is 1.85 bits per heavy atom. The Balaban J connectivity index is 0.00000168. The van der Waals surface area contributed by atoms with E-state index in [0.717, 1.165) is 30.5 Å². The van der Waals surface area contributed by atoms with Crippen LogP contribution in [-0.4, -0.2) is 12.5 Å². The lowest BCUT2D eigenvalue weighted by Crippen LogP contribution is -2.24. The third-order valence-corrected chi connectivity index (χ3v) is 6.33. The molecule has 2 aromatic rings. The van der Waals surface area contributed by atoms with E-state index in [9.17, 15) is 0 Å². The Morgan fingerprint density at radius 3 is 2.77 bits per heavy atom. The minimum Gasteiger partial charge on any atom is -0.370 e. The van der Waals surface area contributed by atoms with Crippen LogP contribution in [0.3, 0.4) is 0 Å². The van der Waals surface area contributed by atoms with Gasteiger partial charge in [-0.25, -0.2) is 0 Å². The maximum atomic E-state index is 6.20. The van der Waals surface area contributed by atoms with Crippen LogP contribution in [0.2, 0.25) is 0 Å². The second kappa shape index (κ2) is 7.22. The molecule has 5 rings (SSSR count). The molecule has 3 aliphatic rings. The zero-order valence-electron chi connectivity index (χ0n) is 14.9. The summed E-state index contributed by atoms with van der Waals surface area (Å²) in [5, 5.41) is 3.37. The van der Waals surface area contributed by atoms with E-state index < -0.39 is 0 Å². The Hall–Kier alpha value is -1.56. The largest absolute Gasteiger partial charge is 0.370 e. The lowest BCUT2D eigenvalue weighted by molar-refractivity contribution is 0.687. The van der Waals surface area contributed by atoms with Crippen molar-refractivity contribution in [1.29, 1.82) is 0 Å². The maximum absolute atomic E-state index is 6.20. The monoisotopic (exact) mass is 459 g/mol. The van der Waals surface area contributed by atoms with Crippen molar-refractivity contribution < 1.29 is 0 Å². The molecule has 0 bridgehead atoms. The number of halogens is 1. The quantitative estimate of drug-likeness (QED) is 0.404. The number of benzene rings is 2. The van der Waals surface area contributed by atoms with Gasteiger partial charge in [0.15, 0.2) is 5.96 Å². The molecule has 2 aromatic carbocycles. The van der Waals surface area contributed by atoms with E-state index in [-0.39, 0.29) is 24.0 Å². The van der Waals surface area contributed by atoms with Crippen molar-refractivity contribution in [2.75, 3.05) is 11.9 Å². The van der Waals surface area contributed by atoms with Crippen LogP contribution >= 0.6 is 24.0 Å². The minimum absolute atomic E-state index is 0. The number of nitrogens with one attached hydrogen (secondary N) is 1. The molecule has 1 saturated carbocycles. The van der Waals surface area contributed by atoms with Crippen LogP contribution in [0.5, 0.6) is 0 Å². The second-order valence-electron chi connectivity index (χ2n) is 7.76. The molecule has 3 unspecified atom stereocenters. The lowest BCUT2D eigenvalue weighted by Gasteiger charge is -2.19. The van der Waals surface area contributed by atoms with Crippen molar-refractivity contribution in [2.24, 2.45) is 22.6 Å². The van der Waals surface area contributed by atoms with Gasteiger partial charge in [0.25, 0.3) is 0 Å². The molecule has 0 aliphatic heterocycles. The van der Waals surface area contributed by atoms with E-state index in [2.05, 4.69) is 52.8 Å². The van der Waals surface area contributed by atoms with Gasteiger partial charge in [0.05, 0.1) is 0 Å². The Kier molecular flexibility index (Phi) is 4.95. The summed E-state index contributed by atoms with van der Waals surface area (Å²) in [5.74, 6) is 2.76. The zero-order valence-corrected chi connectivity index (χ0v) is 17.3. The van der Waals surface area contributed by atoms with Gasteiger partial charge in [-0.2, -0.15) is 0 Å². The summed E-state index contributed by atoms with van der Waals surface area (Å²) in [4.78, 5) is 4.67. The Labute approximate surface area is 172 Å². The zero-order chi connectivity index (χ0) is 16.8. The van der Waals surface area contributed by atoms with E-state index >= 15 is 0 Å². The first kappa shape index (κ1) is 17.8. The standard InChI is InChI=1S/C22H25N3.HI/c23-22(25-20-11-5-8-14-6-1-3-9-16(14)20)24-13-19-18-12-15-7-2-4-10-17(15)21(18)19;/h2,4-5,7-8,10-11,18-19,21H,1,3,6,9,12-13H2,(H3,23,24,25);1H. The number of aryl methyl sites for hydroxylation is 1. The normalized spacial score (nSPS) is 25.5. The van der Waals surface area contributed by atoms with Crippen molar-refractivity contribution in [3.05, 3.63) is 64.7 Å². The molecule has 0 radical (unpaired) electrons. The van der Waals surface area contributed by atoms with Gasteiger partial charge in [0, 0.05) is 12.2 Å². The fourth-order valence-electron chi connectivity index (χ4n) is 5.01. The number of fused-ring (bicyclic) bond motifs is 4. The van der Waals surface area contributed by atoms with Gasteiger partial charge in [-0.1, -0.05) is 36.4 Å². The van der Waals surface area contributed by atoms with Gasteiger partial charge < -0.3 is 11.1 Å². The second-order valence-corrected chi connectivity index (χ2v) is 7.76. The highest BCUT2D eigenvalue weighted by molar-refractivity contribution is 14.0. The van der Waals surface area contributed by atoms with Gasteiger partial charge in [-0.15, -0.1) is 24.0 Å².